The molecule has 0 aliphatic heterocycles. The normalized spacial score (nSPS) is 8.54. The fraction of sp³-hybridized carbons (Fsp3) is 0.125. The van der Waals surface area contributed by atoms with Crippen LogP contribution >= 0.6 is 0 Å². The zero-order valence-corrected chi connectivity index (χ0v) is 6.73. The molecule has 5 heteroatoms. The summed E-state index contributed by atoms with van der Waals surface area (Å²) in [5, 5.41) is 10.4. The van der Waals surface area contributed by atoms with E-state index in [-0.39, 0.29) is 6.54 Å². The van der Waals surface area contributed by atoms with Gasteiger partial charge in [0.2, 0.25) is 0 Å². The Kier molecular flexibility index (Phi) is 3.27. The van der Waals surface area contributed by atoms with Crippen LogP contribution in [0.5, 0.6) is 5.75 Å². The highest BCUT2D eigenvalue weighted by Crippen LogP contribution is 2.05. The largest absolute Gasteiger partial charge is 0.413 e. The van der Waals surface area contributed by atoms with Crippen LogP contribution in [0, 0.1) is 11.3 Å². The van der Waals surface area contributed by atoms with Gasteiger partial charge in [-0.05, 0) is 12.1 Å². The minimum atomic E-state index is -0.658. The molecule has 13 heavy (non-hydrogen) atoms. The Morgan fingerprint density at radius 1 is 1.77 bits per heavy atom. The summed E-state index contributed by atoms with van der Waals surface area (Å²) in [5.74, 6) is 0.345. The first kappa shape index (κ1) is 9.00. The fourth-order valence-corrected chi connectivity index (χ4v) is 0.662. The van der Waals surface area contributed by atoms with Crippen LogP contribution in [0.1, 0.15) is 0 Å². The van der Waals surface area contributed by atoms with Crippen LogP contribution in [0.3, 0.4) is 0 Å². The molecule has 0 saturated heterocycles. The predicted octanol–water partition coefficient (Wildman–Crippen LogP) is 0.694. The van der Waals surface area contributed by atoms with Crippen molar-refractivity contribution >= 4 is 6.09 Å². The van der Waals surface area contributed by atoms with E-state index in [4.69, 9.17) is 10.00 Å². The van der Waals surface area contributed by atoms with Gasteiger partial charge in [0, 0.05) is 6.20 Å². The molecule has 0 bridgehead atoms. The first-order chi connectivity index (χ1) is 6.33. The maximum atomic E-state index is 10.9. The molecule has 0 aromatic carbocycles. The lowest BCUT2D eigenvalue weighted by Crippen LogP contribution is -2.26. The Bertz CT molecular complexity index is 318. The number of pyridine rings is 1. The van der Waals surface area contributed by atoms with Crippen molar-refractivity contribution in [3.63, 3.8) is 0 Å². The summed E-state index contributed by atoms with van der Waals surface area (Å²) in [7, 11) is 0. The lowest BCUT2D eigenvalue weighted by atomic mass is 10.5. The number of carbonyl (C=O) groups is 1. The molecule has 1 heterocycles. The number of ether oxygens (including phenoxy) is 1. The molecule has 1 aromatic rings. The van der Waals surface area contributed by atoms with Gasteiger partial charge in [-0.25, -0.2) is 4.79 Å². The van der Waals surface area contributed by atoms with Crippen molar-refractivity contribution < 1.29 is 9.53 Å². The van der Waals surface area contributed by atoms with E-state index in [2.05, 4.69) is 10.3 Å². The van der Waals surface area contributed by atoms with Crippen molar-refractivity contribution in [2.75, 3.05) is 6.54 Å². The molecule has 0 spiro atoms. The molecule has 0 saturated carbocycles. The van der Waals surface area contributed by atoms with Crippen LogP contribution in [0.25, 0.3) is 0 Å². The van der Waals surface area contributed by atoms with E-state index < -0.39 is 6.09 Å². The van der Waals surface area contributed by atoms with Gasteiger partial charge in [0.05, 0.1) is 12.3 Å². The Balaban J connectivity index is 2.42. The molecular formula is C8H7N3O2. The molecule has 1 rings (SSSR count). The molecular weight excluding hydrogens is 170 g/mol. The van der Waals surface area contributed by atoms with Gasteiger partial charge in [0.1, 0.15) is 6.54 Å². The highest BCUT2D eigenvalue weighted by molar-refractivity contribution is 5.70. The van der Waals surface area contributed by atoms with Crippen LogP contribution in [0.4, 0.5) is 4.79 Å². The molecule has 1 amide bonds. The highest BCUT2D eigenvalue weighted by Gasteiger charge is 2.01. The van der Waals surface area contributed by atoms with Gasteiger partial charge in [0.25, 0.3) is 0 Å². The van der Waals surface area contributed by atoms with E-state index in [0.29, 0.717) is 5.75 Å². The minimum absolute atomic E-state index is 0.0703. The second kappa shape index (κ2) is 4.72. The Labute approximate surface area is 75.0 Å². The molecule has 0 unspecified atom stereocenters. The number of carbonyl (C=O) groups excluding carboxylic acids is 1. The zero-order valence-electron chi connectivity index (χ0n) is 6.73. The highest BCUT2D eigenvalue weighted by atomic mass is 16.6. The summed E-state index contributed by atoms with van der Waals surface area (Å²) in [6.45, 7) is -0.0703. The average Bonchev–Trinajstić information content (AvgIpc) is 2.16. The van der Waals surface area contributed by atoms with E-state index in [9.17, 15) is 4.79 Å². The molecule has 0 aliphatic carbocycles. The van der Waals surface area contributed by atoms with Crippen molar-refractivity contribution in [3.8, 4) is 11.8 Å². The number of amides is 1. The van der Waals surface area contributed by atoms with Crippen LogP contribution in [-0.4, -0.2) is 17.6 Å². The number of nitrogens with zero attached hydrogens (tertiary/aromatic N) is 2. The summed E-state index contributed by atoms with van der Waals surface area (Å²) >= 11 is 0. The van der Waals surface area contributed by atoms with Crippen LogP contribution in [-0.2, 0) is 0 Å². The second-order valence-corrected chi connectivity index (χ2v) is 2.09. The number of nitriles is 1. The van der Waals surface area contributed by atoms with Crippen molar-refractivity contribution in [1.29, 1.82) is 5.26 Å². The van der Waals surface area contributed by atoms with Crippen LogP contribution in [0.2, 0.25) is 0 Å². The molecule has 1 aromatic heterocycles. The lowest BCUT2D eigenvalue weighted by molar-refractivity contribution is 0.201. The molecule has 0 radical (unpaired) electrons. The van der Waals surface area contributed by atoms with Gasteiger partial charge >= 0.3 is 6.09 Å². The SMILES string of the molecule is N#CCNC(=O)Oc1cccnc1. The zero-order chi connectivity index (χ0) is 9.52. The number of aromatic nitrogens is 1. The summed E-state index contributed by atoms with van der Waals surface area (Å²) < 4.78 is 4.75. The number of hydrogen-bond acceptors (Lipinski definition) is 4. The first-order valence-corrected chi connectivity index (χ1v) is 3.55. The van der Waals surface area contributed by atoms with Gasteiger partial charge < -0.3 is 10.1 Å². The Morgan fingerprint density at radius 3 is 3.23 bits per heavy atom. The van der Waals surface area contributed by atoms with Gasteiger partial charge in [-0.1, -0.05) is 0 Å². The van der Waals surface area contributed by atoms with E-state index in [1.54, 1.807) is 24.4 Å². The number of hydrogen-bond donors (Lipinski definition) is 1. The maximum Gasteiger partial charge on any atom is 0.413 e. The molecule has 66 valence electrons. The molecule has 0 aliphatic rings. The van der Waals surface area contributed by atoms with Crippen molar-refractivity contribution in [1.82, 2.24) is 10.3 Å². The summed E-state index contributed by atoms with van der Waals surface area (Å²) in [6.07, 6.45) is 2.32. The van der Waals surface area contributed by atoms with Crippen molar-refractivity contribution in [2.45, 2.75) is 0 Å². The molecule has 0 atom stereocenters. The van der Waals surface area contributed by atoms with Gasteiger partial charge in [-0.2, -0.15) is 5.26 Å². The van der Waals surface area contributed by atoms with Crippen LogP contribution in [0.15, 0.2) is 24.5 Å². The van der Waals surface area contributed by atoms with Crippen molar-refractivity contribution in [3.05, 3.63) is 24.5 Å². The van der Waals surface area contributed by atoms with E-state index in [1.165, 1.54) is 6.20 Å². The third-order valence-electron chi connectivity index (χ3n) is 1.16. The summed E-state index contributed by atoms with van der Waals surface area (Å²) in [5.41, 5.74) is 0. The molecule has 1 N–H and O–H groups in total. The van der Waals surface area contributed by atoms with E-state index in [0.717, 1.165) is 0 Å². The average molecular weight is 177 g/mol. The summed E-state index contributed by atoms with van der Waals surface area (Å²) in [4.78, 5) is 14.6. The number of nitrogens with one attached hydrogen (secondary N) is 1. The lowest BCUT2D eigenvalue weighted by Gasteiger charge is -2.01. The van der Waals surface area contributed by atoms with Gasteiger partial charge in [0.15, 0.2) is 5.75 Å². The number of rotatable bonds is 2. The summed E-state index contributed by atoms with van der Waals surface area (Å²) in [6, 6.07) is 5.00. The van der Waals surface area contributed by atoms with Gasteiger partial charge in [-0.15, -0.1) is 0 Å². The third-order valence-corrected chi connectivity index (χ3v) is 1.16. The topological polar surface area (TPSA) is 75.0 Å². The van der Waals surface area contributed by atoms with Gasteiger partial charge in [-0.3, -0.25) is 4.98 Å². The Hall–Kier alpha value is -2.09. The van der Waals surface area contributed by atoms with Crippen molar-refractivity contribution in [2.24, 2.45) is 0 Å². The fourth-order valence-electron chi connectivity index (χ4n) is 0.662. The molecule has 5 nitrogen and oxygen atoms in total. The third kappa shape index (κ3) is 3.20. The monoisotopic (exact) mass is 177 g/mol. The minimum Gasteiger partial charge on any atom is -0.409 e. The predicted molar refractivity (Wildman–Crippen MR) is 43.9 cm³/mol. The first-order valence-electron chi connectivity index (χ1n) is 3.55. The van der Waals surface area contributed by atoms with E-state index >= 15 is 0 Å². The maximum absolute atomic E-state index is 10.9. The molecule has 0 fully saturated rings. The second-order valence-electron chi connectivity index (χ2n) is 2.09. The Morgan fingerprint density at radius 2 is 2.62 bits per heavy atom. The van der Waals surface area contributed by atoms with Crippen LogP contribution < -0.4 is 10.1 Å². The quantitative estimate of drug-likeness (QED) is 0.674. The standard InChI is InChI=1S/C8H7N3O2/c9-3-5-11-8(12)13-7-2-1-4-10-6-7/h1-2,4,6H,5H2,(H,11,12). The van der Waals surface area contributed by atoms with E-state index in [1.807, 2.05) is 0 Å². The smallest absolute Gasteiger partial charge is 0.409 e.